The molecule has 0 atom stereocenters. The first-order valence-electron chi connectivity index (χ1n) is 10.3. The number of hydrogen-bond acceptors (Lipinski definition) is 4. The molecule has 0 bridgehead atoms. The Balaban J connectivity index is 1.39. The first-order chi connectivity index (χ1) is 15.5. The van der Waals surface area contributed by atoms with E-state index in [0.717, 1.165) is 33.3 Å². The van der Waals surface area contributed by atoms with Crippen LogP contribution in [0, 0.1) is 5.92 Å². The summed E-state index contributed by atoms with van der Waals surface area (Å²) in [6.07, 6.45) is 0. The van der Waals surface area contributed by atoms with Gasteiger partial charge in [0.25, 0.3) is 5.91 Å². The van der Waals surface area contributed by atoms with Gasteiger partial charge in [-0.25, -0.2) is 4.98 Å². The molecule has 162 valence electrons. The third-order valence-electron chi connectivity index (χ3n) is 4.73. The number of thiazole rings is 1. The number of aromatic nitrogens is 1. The van der Waals surface area contributed by atoms with E-state index in [9.17, 15) is 4.79 Å². The fourth-order valence-electron chi connectivity index (χ4n) is 3.02. The average Bonchev–Trinajstić information content (AvgIpc) is 3.29. The van der Waals surface area contributed by atoms with Crippen LogP contribution in [-0.2, 0) is 0 Å². The molecule has 0 saturated carbocycles. The van der Waals surface area contributed by atoms with E-state index in [4.69, 9.17) is 21.3 Å². The predicted molar refractivity (Wildman–Crippen MR) is 133 cm³/mol. The molecule has 0 aliphatic heterocycles. The number of ether oxygens (including phenoxy) is 1. The molecule has 0 radical (unpaired) electrons. The number of hydrogen-bond donors (Lipinski definition) is 1. The average molecular weight is 463 g/mol. The van der Waals surface area contributed by atoms with Gasteiger partial charge in [-0.15, -0.1) is 11.3 Å². The molecule has 32 heavy (non-hydrogen) atoms. The summed E-state index contributed by atoms with van der Waals surface area (Å²) in [6, 6.07) is 22.5. The highest BCUT2D eigenvalue weighted by atomic mass is 35.5. The predicted octanol–water partition coefficient (Wildman–Crippen LogP) is 7.42. The normalized spacial score (nSPS) is 10.9. The van der Waals surface area contributed by atoms with Crippen molar-refractivity contribution in [1.29, 1.82) is 0 Å². The second-order valence-electron chi connectivity index (χ2n) is 7.81. The molecule has 0 unspecified atom stereocenters. The molecule has 1 heterocycles. The van der Waals surface area contributed by atoms with E-state index in [-0.39, 0.29) is 5.91 Å². The molecule has 0 aliphatic rings. The van der Waals surface area contributed by atoms with Gasteiger partial charge in [-0.05, 0) is 54.4 Å². The molecule has 6 heteroatoms. The Bertz CT molecular complexity index is 1180. The van der Waals surface area contributed by atoms with Crippen molar-refractivity contribution in [3.8, 4) is 27.6 Å². The maximum atomic E-state index is 12.6. The maximum absolute atomic E-state index is 12.6. The second kappa shape index (κ2) is 9.98. The molecule has 1 amide bonds. The van der Waals surface area contributed by atoms with E-state index in [1.165, 1.54) is 0 Å². The van der Waals surface area contributed by atoms with Crippen molar-refractivity contribution in [2.75, 3.05) is 11.9 Å². The number of halogens is 1. The molecule has 0 saturated heterocycles. The van der Waals surface area contributed by atoms with E-state index in [1.54, 1.807) is 23.5 Å². The topological polar surface area (TPSA) is 51.2 Å². The first kappa shape index (κ1) is 22.1. The first-order valence-corrected chi connectivity index (χ1v) is 11.6. The summed E-state index contributed by atoms with van der Waals surface area (Å²) in [6.45, 7) is 4.85. The third kappa shape index (κ3) is 5.55. The van der Waals surface area contributed by atoms with Crippen LogP contribution in [-0.4, -0.2) is 17.5 Å². The number of carbonyl (C=O) groups excluding carboxylic acids is 1. The monoisotopic (exact) mass is 462 g/mol. The van der Waals surface area contributed by atoms with Gasteiger partial charge in [0.2, 0.25) is 0 Å². The lowest BCUT2D eigenvalue weighted by Gasteiger charge is -2.10. The van der Waals surface area contributed by atoms with Crippen LogP contribution in [0.15, 0.2) is 78.2 Å². The fourth-order valence-corrected chi connectivity index (χ4v) is 3.99. The van der Waals surface area contributed by atoms with E-state index in [2.05, 4.69) is 19.2 Å². The van der Waals surface area contributed by atoms with Crippen LogP contribution < -0.4 is 10.1 Å². The Morgan fingerprint density at radius 3 is 2.28 bits per heavy atom. The van der Waals surface area contributed by atoms with E-state index in [0.29, 0.717) is 23.1 Å². The van der Waals surface area contributed by atoms with E-state index in [1.807, 2.05) is 66.0 Å². The Kier molecular flexibility index (Phi) is 6.88. The molecular weight excluding hydrogens is 440 g/mol. The largest absolute Gasteiger partial charge is 0.493 e. The number of carbonyl (C=O) groups is 1. The smallest absolute Gasteiger partial charge is 0.255 e. The van der Waals surface area contributed by atoms with Crippen molar-refractivity contribution in [3.63, 3.8) is 0 Å². The SMILES string of the molecule is CC(C)COc1ccc(C(=O)Nc2ccc(-c3csc(-c4ccc(Cl)cc4)n3)cc2)cc1. The van der Waals surface area contributed by atoms with Crippen molar-refractivity contribution in [2.45, 2.75) is 13.8 Å². The lowest BCUT2D eigenvalue weighted by molar-refractivity contribution is 0.102. The van der Waals surface area contributed by atoms with Gasteiger partial charge in [-0.1, -0.05) is 49.7 Å². The number of rotatable bonds is 7. The standard InChI is InChI=1S/C26H23ClN2O2S/c1-17(2)15-31-23-13-7-19(8-14-23)25(30)28-22-11-5-18(6-12-22)24-16-32-26(29-24)20-3-9-21(27)10-4-20/h3-14,16-17H,15H2,1-2H3,(H,28,30). The fraction of sp³-hybridized carbons (Fsp3) is 0.154. The lowest BCUT2D eigenvalue weighted by atomic mass is 10.1. The lowest BCUT2D eigenvalue weighted by Crippen LogP contribution is -2.11. The summed E-state index contributed by atoms with van der Waals surface area (Å²) in [5.74, 6) is 1.06. The van der Waals surface area contributed by atoms with Crippen molar-refractivity contribution < 1.29 is 9.53 Å². The Morgan fingerprint density at radius 1 is 0.969 bits per heavy atom. The zero-order chi connectivity index (χ0) is 22.5. The highest BCUT2D eigenvalue weighted by Crippen LogP contribution is 2.30. The van der Waals surface area contributed by atoms with Crippen LogP contribution >= 0.6 is 22.9 Å². The van der Waals surface area contributed by atoms with Crippen LogP contribution in [0.1, 0.15) is 24.2 Å². The van der Waals surface area contributed by atoms with Gasteiger partial charge in [-0.3, -0.25) is 4.79 Å². The zero-order valence-electron chi connectivity index (χ0n) is 17.8. The summed E-state index contributed by atoms with van der Waals surface area (Å²) in [7, 11) is 0. The third-order valence-corrected chi connectivity index (χ3v) is 5.88. The minimum absolute atomic E-state index is 0.160. The van der Waals surface area contributed by atoms with Gasteiger partial charge in [0.1, 0.15) is 10.8 Å². The van der Waals surface area contributed by atoms with Gasteiger partial charge in [0, 0.05) is 32.8 Å². The molecule has 0 fully saturated rings. The Labute approximate surface area is 196 Å². The molecule has 4 aromatic rings. The molecule has 4 nitrogen and oxygen atoms in total. The molecule has 3 aromatic carbocycles. The number of nitrogens with zero attached hydrogens (tertiary/aromatic N) is 1. The molecule has 0 spiro atoms. The molecule has 1 N–H and O–H groups in total. The minimum atomic E-state index is -0.160. The van der Waals surface area contributed by atoms with Crippen LogP contribution in [0.4, 0.5) is 5.69 Å². The summed E-state index contributed by atoms with van der Waals surface area (Å²) in [4.78, 5) is 17.3. The number of anilines is 1. The van der Waals surface area contributed by atoms with Gasteiger partial charge < -0.3 is 10.1 Å². The van der Waals surface area contributed by atoms with E-state index >= 15 is 0 Å². The van der Waals surface area contributed by atoms with Crippen molar-refractivity contribution in [2.24, 2.45) is 5.92 Å². The highest BCUT2D eigenvalue weighted by Gasteiger charge is 2.09. The molecular formula is C26H23ClN2O2S. The van der Waals surface area contributed by atoms with E-state index < -0.39 is 0 Å². The van der Waals surface area contributed by atoms with Gasteiger partial charge in [-0.2, -0.15) is 0 Å². The van der Waals surface area contributed by atoms with Crippen molar-refractivity contribution in [3.05, 3.63) is 88.8 Å². The molecule has 4 rings (SSSR count). The number of amides is 1. The second-order valence-corrected chi connectivity index (χ2v) is 9.10. The van der Waals surface area contributed by atoms with Crippen molar-refractivity contribution in [1.82, 2.24) is 4.98 Å². The van der Waals surface area contributed by atoms with Crippen molar-refractivity contribution >= 4 is 34.5 Å². The number of nitrogens with one attached hydrogen (secondary N) is 1. The molecule has 1 aromatic heterocycles. The summed E-state index contributed by atoms with van der Waals surface area (Å²) < 4.78 is 5.67. The summed E-state index contributed by atoms with van der Waals surface area (Å²) in [5, 5.41) is 6.61. The quantitative estimate of drug-likeness (QED) is 0.311. The number of benzene rings is 3. The zero-order valence-corrected chi connectivity index (χ0v) is 19.4. The highest BCUT2D eigenvalue weighted by molar-refractivity contribution is 7.13. The summed E-state index contributed by atoms with van der Waals surface area (Å²) >= 11 is 7.55. The van der Waals surface area contributed by atoms with Crippen LogP contribution in [0.25, 0.3) is 21.8 Å². The Hall–Kier alpha value is -3.15. The van der Waals surface area contributed by atoms with Crippen LogP contribution in [0.2, 0.25) is 5.02 Å². The summed E-state index contributed by atoms with van der Waals surface area (Å²) in [5.41, 5.74) is 4.24. The Morgan fingerprint density at radius 2 is 1.62 bits per heavy atom. The van der Waals surface area contributed by atoms with Gasteiger partial charge in [0.05, 0.1) is 12.3 Å². The molecule has 0 aliphatic carbocycles. The van der Waals surface area contributed by atoms with Crippen LogP contribution in [0.5, 0.6) is 5.75 Å². The maximum Gasteiger partial charge on any atom is 0.255 e. The van der Waals surface area contributed by atoms with Gasteiger partial charge in [0.15, 0.2) is 0 Å². The van der Waals surface area contributed by atoms with Crippen LogP contribution in [0.3, 0.4) is 0 Å². The minimum Gasteiger partial charge on any atom is -0.493 e. The van der Waals surface area contributed by atoms with Gasteiger partial charge >= 0.3 is 0 Å².